The molecule has 0 saturated carbocycles. The van der Waals surface area contributed by atoms with Crippen LogP contribution in [-0.4, -0.2) is 4.68 Å². The molecule has 0 radical (unpaired) electrons. The molecule has 1 aromatic carbocycles. The molecule has 4 nitrogen and oxygen atoms in total. The first kappa shape index (κ1) is 8.62. The van der Waals surface area contributed by atoms with E-state index in [0.29, 0.717) is 0 Å². The average molecular weight is 186 g/mol. The standard InChI is InChI=1S/C10H10N4/c1-7-2-4-9-8(6-7)3-5-10(11)14(9)13-12/h2-6,11-12H,1H3. The van der Waals surface area contributed by atoms with Crippen molar-refractivity contribution in [2.24, 2.45) is 5.22 Å². The van der Waals surface area contributed by atoms with Gasteiger partial charge >= 0.3 is 0 Å². The van der Waals surface area contributed by atoms with Gasteiger partial charge < -0.3 is 0 Å². The van der Waals surface area contributed by atoms with Crippen molar-refractivity contribution in [1.82, 2.24) is 4.68 Å². The van der Waals surface area contributed by atoms with Crippen LogP contribution < -0.4 is 5.49 Å². The van der Waals surface area contributed by atoms with Gasteiger partial charge in [-0.15, -0.1) is 0 Å². The number of rotatable bonds is 1. The smallest absolute Gasteiger partial charge is 0.148 e. The highest BCUT2D eigenvalue weighted by Crippen LogP contribution is 2.13. The molecule has 0 aliphatic carbocycles. The lowest BCUT2D eigenvalue weighted by atomic mass is 10.1. The summed E-state index contributed by atoms with van der Waals surface area (Å²) in [6.07, 6.45) is 0. The second-order valence-electron chi connectivity index (χ2n) is 3.19. The van der Waals surface area contributed by atoms with Crippen LogP contribution in [0.25, 0.3) is 10.9 Å². The van der Waals surface area contributed by atoms with Crippen LogP contribution in [0.5, 0.6) is 0 Å². The zero-order valence-electron chi connectivity index (χ0n) is 7.78. The van der Waals surface area contributed by atoms with E-state index in [9.17, 15) is 0 Å². The van der Waals surface area contributed by atoms with Gasteiger partial charge in [0.05, 0.1) is 5.52 Å². The molecule has 0 spiro atoms. The minimum Gasteiger partial charge on any atom is -0.283 e. The van der Waals surface area contributed by atoms with Gasteiger partial charge in [0.1, 0.15) is 5.49 Å². The molecule has 0 saturated heterocycles. The zero-order chi connectivity index (χ0) is 10.1. The Morgan fingerprint density at radius 2 is 2.00 bits per heavy atom. The number of nitrogens with one attached hydrogen (secondary N) is 2. The molecule has 0 aliphatic heterocycles. The van der Waals surface area contributed by atoms with E-state index >= 15 is 0 Å². The van der Waals surface area contributed by atoms with Gasteiger partial charge in [-0.2, -0.15) is 10.2 Å². The first-order valence-electron chi connectivity index (χ1n) is 4.27. The molecule has 2 rings (SSSR count). The van der Waals surface area contributed by atoms with E-state index in [2.05, 4.69) is 5.22 Å². The Hall–Kier alpha value is -1.97. The highest BCUT2D eigenvalue weighted by Gasteiger charge is 1.99. The molecule has 0 amide bonds. The number of fused-ring (bicyclic) bond motifs is 1. The third-order valence-electron chi connectivity index (χ3n) is 2.16. The van der Waals surface area contributed by atoms with Crippen LogP contribution in [0.4, 0.5) is 0 Å². The van der Waals surface area contributed by atoms with Gasteiger partial charge in [0.2, 0.25) is 0 Å². The summed E-state index contributed by atoms with van der Waals surface area (Å²) in [5, 5.41) is 11.9. The normalized spacial score (nSPS) is 10.4. The molecule has 4 heteroatoms. The molecule has 2 aromatic rings. The van der Waals surface area contributed by atoms with E-state index < -0.39 is 0 Å². The third kappa shape index (κ3) is 1.21. The summed E-state index contributed by atoms with van der Waals surface area (Å²) in [6.45, 7) is 2.01. The largest absolute Gasteiger partial charge is 0.283 e. The van der Waals surface area contributed by atoms with Crippen molar-refractivity contribution < 1.29 is 0 Å². The summed E-state index contributed by atoms with van der Waals surface area (Å²) in [5.74, 6) is 0. The number of hydrogen-bond acceptors (Lipinski definition) is 3. The minimum atomic E-state index is 0.219. The first-order chi connectivity index (χ1) is 6.72. The van der Waals surface area contributed by atoms with Gasteiger partial charge in [-0.3, -0.25) is 5.41 Å². The number of aromatic nitrogens is 1. The van der Waals surface area contributed by atoms with E-state index in [-0.39, 0.29) is 5.49 Å². The van der Waals surface area contributed by atoms with E-state index in [0.717, 1.165) is 16.5 Å². The molecule has 14 heavy (non-hydrogen) atoms. The molecule has 0 aliphatic rings. The van der Waals surface area contributed by atoms with Crippen LogP contribution in [0.2, 0.25) is 0 Å². The monoisotopic (exact) mass is 186 g/mol. The van der Waals surface area contributed by atoms with Crippen molar-refractivity contribution in [1.29, 1.82) is 10.9 Å². The van der Waals surface area contributed by atoms with Crippen molar-refractivity contribution in [2.75, 3.05) is 0 Å². The average Bonchev–Trinajstić information content (AvgIpc) is 2.18. The molecule has 70 valence electrons. The first-order valence-corrected chi connectivity index (χ1v) is 4.27. The van der Waals surface area contributed by atoms with Crippen LogP contribution in [0.1, 0.15) is 5.56 Å². The van der Waals surface area contributed by atoms with Gasteiger partial charge in [0.15, 0.2) is 0 Å². The van der Waals surface area contributed by atoms with E-state index in [1.54, 1.807) is 6.07 Å². The maximum absolute atomic E-state index is 7.56. The van der Waals surface area contributed by atoms with Crippen LogP contribution in [0.3, 0.4) is 0 Å². The summed E-state index contributed by atoms with van der Waals surface area (Å²) in [5.41, 5.74) is 9.16. The zero-order valence-corrected chi connectivity index (χ0v) is 7.78. The van der Waals surface area contributed by atoms with Crippen LogP contribution in [-0.2, 0) is 0 Å². The highest BCUT2D eigenvalue weighted by molar-refractivity contribution is 5.79. The second kappa shape index (κ2) is 3.06. The maximum Gasteiger partial charge on any atom is 0.148 e. The van der Waals surface area contributed by atoms with Crippen LogP contribution in [0.15, 0.2) is 35.6 Å². The fraction of sp³-hybridized carbons (Fsp3) is 0.100. The quantitative estimate of drug-likeness (QED) is 0.641. The predicted molar refractivity (Wildman–Crippen MR) is 53.1 cm³/mol. The Balaban J connectivity index is 2.95. The lowest BCUT2D eigenvalue weighted by Crippen LogP contribution is -2.14. The molecule has 1 heterocycles. The summed E-state index contributed by atoms with van der Waals surface area (Å²) < 4.78 is 1.30. The topological polar surface area (TPSA) is 65.0 Å². The summed E-state index contributed by atoms with van der Waals surface area (Å²) in [4.78, 5) is 0. The van der Waals surface area contributed by atoms with Crippen molar-refractivity contribution in [2.45, 2.75) is 6.92 Å². The number of aryl methyl sites for hydroxylation is 1. The predicted octanol–water partition coefficient (Wildman–Crippen LogP) is 2.22. The van der Waals surface area contributed by atoms with Crippen LogP contribution >= 0.6 is 0 Å². The molecule has 0 atom stereocenters. The van der Waals surface area contributed by atoms with Crippen molar-refractivity contribution in [3.05, 3.63) is 41.4 Å². The Morgan fingerprint density at radius 1 is 1.21 bits per heavy atom. The van der Waals surface area contributed by atoms with Crippen molar-refractivity contribution in [3.8, 4) is 0 Å². The van der Waals surface area contributed by atoms with E-state index in [1.165, 1.54) is 4.68 Å². The number of pyridine rings is 1. The van der Waals surface area contributed by atoms with Crippen molar-refractivity contribution in [3.63, 3.8) is 0 Å². The number of nitrogens with zero attached hydrogens (tertiary/aromatic N) is 2. The summed E-state index contributed by atoms with van der Waals surface area (Å²) in [7, 11) is 0. The minimum absolute atomic E-state index is 0.219. The van der Waals surface area contributed by atoms with Crippen molar-refractivity contribution >= 4 is 10.9 Å². The fourth-order valence-corrected chi connectivity index (χ4v) is 1.48. The second-order valence-corrected chi connectivity index (χ2v) is 3.19. The van der Waals surface area contributed by atoms with Gasteiger partial charge in [0.25, 0.3) is 0 Å². The summed E-state index contributed by atoms with van der Waals surface area (Å²) in [6, 6.07) is 9.34. The van der Waals surface area contributed by atoms with Crippen LogP contribution in [0, 0.1) is 17.9 Å². The molecule has 2 N–H and O–H groups in total. The molecule has 0 unspecified atom stereocenters. The Kier molecular flexibility index (Phi) is 1.89. The van der Waals surface area contributed by atoms with Gasteiger partial charge in [0, 0.05) is 5.39 Å². The Bertz CT molecular complexity index is 554. The fourth-order valence-electron chi connectivity index (χ4n) is 1.48. The highest BCUT2D eigenvalue weighted by atomic mass is 15.4. The molecule has 1 aromatic heterocycles. The molecule has 0 fully saturated rings. The summed E-state index contributed by atoms with van der Waals surface area (Å²) >= 11 is 0. The van der Waals surface area contributed by atoms with Gasteiger partial charge in [-0.25, -0.2) is 0 Å². The maximum atomic E-state index is 7.56. The molecular weight excluding hydrogens is 176 g/mol. The van der Waals surface area contributed by atoms with E-state index in [1.807, 2.05) is 31.2 Å². The van der Waals surface area contributed by atoms with E-state index in [4.69, 9.17) is 10.9 Å². The lowest BCUT2D eigenvalue weighted by Gasteiger charge is -2.04. The molecular formula is C10H10N4. The Labute approximate surface area is 80.8 Å². The SMILES string of the molecule is Cc1ccc2c(ccc(=N)n2N=N)c1. The van der Waals surface area contributed by atoms with Gasteiger partial charge in [-0.05, 0) is 31.2 Å². The number of hydrogen-bond donors (Lipinski definition) is 2. The lowest BCUT2D eigenvalue weighted by molar-refractivity contribution is 0.738. The van der Waals surface area contributed by atoms with Gasteiger partial charge in [-0.1, -0.05) is 16.9 Å². The molecule has 0 bridgehead atoms. The third-order valence-corrected chi connectivity index (χ3v) is 2.16. The number of benzene rings is 1. The Morgan fingerprint density at radius 3 is 2.71 bits per heavy atom.